The van der Waals surface area contributed by atoms with Gasteiger partial charge in [-0.25, -0.2) is 4.98 Å². The number of benzene rings is 2. The first-order valence-electron chi connectivity index (χ1n) is 7.57. The molecule has 0 spiro atoms. The highest BCUT2D eigenvalue weighted by Gasteiger charge is 2.08. The predicted octanol–water partition coefficient (Wildman–Crippen LogP) is 5.25. The van der Waals surface area contributed by atoms with Crippen LogP contribution in [0, 0.1) is 0 Å². The molecule has 4 nitrogen and oxygen atoms in total. The molecule has 2 N–H and O–H groups in total. The van der Waals surface area contributed by atoms with Gasteiger partial charge in [-0.1, -0.05) is 48.5 Å². The molecule has 0 saturated carbocycles. The van der Waals surface area contributed by atoms with Crippen LogP contribution in [0.3, 0.4) is 0 Å². The molecule has 0 amide bonds. The fraction of sp³-hybridized carbons (Fsp3) is 0.0526. The van der Waals surface area contributed by atoms with Crippen LogP contribution in [0.2, 0.25) is 0 Å². The number of halogens is 1. The van der Waals surface area contributed by atoms with Gasteiger partial charge in [-0.05, 0) is 28.1 Å². The molecule has 2 aromatic carbocycles. The smallest absolute Gasteiger partial charge is 0.229 e. The zero-order chi connectivity index (χ0) is 16.8. The van der Waals surface area contributed by atoms with Gasteiger partial charge in [0.15, 0.2) is 0 Å². The minimum atomic E-state index is 0.537. The first-order chi connectivity index (χ1) is 11.8. The maximum absolute atomic E-state index is 4.64. The summed E-state index contributed by atoms with van der Waals surface area (Å²) in [6, 6.07) is 19.8. The van der Waals surface area contributed by atoms with Gasteiger partial charge in [0.25, 0.3) is 0 Å². The minimum Gasteiger partial charge on any atom is -0.366 e. The van der Waals surface area contributed by atoms with Crippen LogP contribution < -0.4 is 10.6 Å². The summed E-state index contributed by atoms with van der Waals surface area (Å²) in [5, 5.41) is 6.49. The second kappa shape index (κ2) is 7.75. The Morgan fingerprint density at radius 3 is 2.50 bits per heavy atom. The summed E-state index contributed by atoms with van der Waals surface area (Å²) >= 11 is 3.53. The fourth-order valence-electron chi connectivity index (χ4n) is 2.21. The lowest BCUT2D eigenvalue weighted by Crippen LogP contribution is -2.05. The van der Waals surface area contributed by atoms with E-state index >= 15 is 0 Å². The van der Waals surface area contributed by atoms with E-state index in [9.17, 15) is 0 Å². The minimum absolute atomic E-state index is 0.537. The van der Waals surface area contributed by atoms with Crippen LogP contribution in [0.25, 0.3) is 11.3 Å². The molecule has 5 heteroatoms. The van der Waals surface area contributed by atoms with Gasteiger partial charge in [-0.15, -0.1) is 6.58 Å². The summed E-state index contributed by atoms with van der Waals surface area (Å²) < 4.78 is 0.958. The molecule has 0 saturated heterocycles. The van der Waals surface area contributed by atoms with E-state index in [4.69, 9.17) is 0 Å². The van der Waals surface area contributed by atoms with Gasteiger partial charge in [0.2, 0.25) is 5.95 Å². The number of rotatable bonds is 6. The quantitative estimate of drug-likeness (QED) is 0.573. The molecule has 120 valence electrons. The summed E-state index contributed by atoms with van der Waals surface area (Å²) in [4.78, 5) is 9.17. The van der Waals surface area contributed by atoms with Crippen molar-refractivity contribution in [1.82, 2.24) is 9.97 Å². The molecule has 0 aliphatic heterocycles. The van der Waals surface area contributed by atoms with Gasteiger partial charge in [-0.3, -0.25) is 0 Å². The SMILES string of the molecule is C=CCNc1cc(-c2ccccc2)nc(Nc2ccccc2Br)n1. The number of aromatic nitrogens is 2. The Kier molecular flexibility index (Phi) is 5.23. The number of hydrogen-bond donors (Lipinski definition) is 2. The third kappa shape index (κ3) is 4.00. The Balaban J connectivity index is 1.98. The van der Waals surface area contributed by atoms with Crippen LogP contribution in [-0.4, -0.2) is 16.5 Å². The van der Waals surface area contributed by atoms with Crippen molar-refractivity contribution < 1.29 is 0 Å². The summed E-state index contributed by atoms with van der Waals surface area (Å²) in [5.74, 6) is 1.29. The summed E-state index contributed by atoms with van der Waals surface area (Å²) in [7, 11) is 0. The molecule has 0 aliphatic rings. The van der Waals surface area contributed by atoms with Crippen molar-refractivity contribution in [2.75, 3.05) is 17.2 Å². The molecule has 0 radical (unpaired) electrons. The van der Waals surface area contributed by atoms with Gasteiger partial charge < -0.3 is 10.6 Å². The molecule has 3 rings (SSSR count). The Morgan fingerprint density at radius 2 is 1.75 bits per heavy atom. The van der Waals surface area contributed by atoms with Crippen molar-refractivity contribution in [3.05, 3.63) is 77.8 Å². The van der Waals surface area contributed by atoms with Gasteiger partial charge in [0, 0.05) is 22.6 Å². The van der Waals surface area contributed by atoms with E-state index in [0.29, 0.717) is 12.5 Å². The second-order valence-corrected chi connectivity index (χ2v) is 5.96. The molecule has 0 aliphatic carbocycles. The third-order valence-electron chi connectivity index (χ3n) is 3.34. The Labute approximate surface area is 149 Å². The first kappa shape index (κ1) is 16.2. The zero-order valence-corrected chi connectivity index (χ0v) is 14.6. The van der Waals surface area contributed by atoms with Gasteiger partial charge >= 0.3 is 0 Å². The van der Waals surface area contributed by atoms with Gasteiger partial charge in [-0.2, -0.15) is 4.98 Å². The lowest BCUT2D eigenvalue weighted by molar-refractivity contribution is 1.14. The van der Waals surface area contributed by atoms with Crippen LogP contribution in [0.5, 0.6) is 0 Å². The second-order valence-electron chi connectivity index (χ2n) is 5.10. The van der Waals surface area contributed by atoms with Crippen molar-refractivity contribution in [1.29, 1.82) is 0 Å². The van der Waals surface area contributed by atoms with Crippen molar-refractivity contribution >= 4 is 33.4 Å². The van der Waals surface area contributed by atoms with E-state index in [1.165, 1.54) is 0 Å². The normalized spacial score (nSPS) is 10.2. The summed E-state index contributed by atoms with van der Waals surface area (Å²) in [5.41, 5.74) is 2.81. The topological polar surface area (TPSA) is 49.8 Å². The molecular formula is C19H17BrN4. The molecular weight excluding hydrogens is 364 g/mol. The fourth-order valence-corrected chi connectivity index (χ4v) is 2.59. The number of nitrogens with one attached hydrogen (secondary N) is 2. The molecule has 1 aromatic heterocycles. The number of nitrogens with zero attached hydrogens (tertiary/aromatic N) is 2. The maximum atomic E-state index is 4.64. The molecule has 1 heterocycles. The van der Waals surface area contributed by atoms with Crippen LogP contribution in [-0.2, 0) is 0 Å². The number of hydrogen-bond acceptors (Lipinski definition) is 4. The molecule has 24 heavy (non-hydrogen) atoms. The lowest BCUT2D eigenvalue weighted by Gasteiger charge is -2.11. The van der Waals surface area contributed by atoms with Crippen LogP contribution in [0.1, 0.15) is 0 Å². The predicted molar refractivity (Wildman–Crippen MR) is 104 cm³/mol. The number of para-hydroxylation sites is 1. The molecule has 0 fully saturated rings. The molecule has 0 unspecified atom stereocenters. The largest absolute Gasteiger partial charge is 0.366 e. The summed E-state index contributed by atoms with van der Waals surface area (Å²) in [6.45, 7) is 4.37. The van der Waals surface area contributed by atoms with Crippen molar-refractivity contribution in [3.8, 4) is 11.3 Å². The van der Waals surface area contributed by atoms with Crippen molar-refractivity contribution in [2.45, 2.75) is 0 Å². The van der Waals surface area contributed by atoms with Gasteiger partial charge in [0.05, 0.1) is 11.4 Å². The van der Waals surface area contributed by atoms with Gasteiger partial charge in [0.1, 0.15) is 5.82 Å². The van der Waals surface area contributed by atoms with E-state index in [1.54, 1.807) is 6.08 Å². The van der Waals surface area contributed by atoms with Crippen LogP contribution in [0.15, 0.2) is 77.8 Å². The van der Waals surface area contributed by atoms with Crippen molar-refractivity contribution in [2.24, 2.45) is 0 Å². The monoisotopic (exact) mass is 380 g/mol. The standard InChI is InChI=1S/C19H17BrN4/c1-2-12-21-18-13-17(14-8-4-3-5-9-14)23-19(24-18)22-16-11-7-6-10-15(16)20/h2-11,13H,1,12H2,(H2,21,22,23,24). The molecule has 0 bridgehead atoms. The first-order valence-corrected chi connectivity index (χ1v) is 8.36. The molecule has 0 atom stereocenters. The highest BCUT2D eigenvalue weighted by Crippen LogP contribution is 2.26. The average Bonchev–Trinajstić information content (AvgIpc) is 2.62. The van der Waals surface area contributed by atoms with Crippen molar-refractivity contribution in [3.63, 3.8) is 0 Å². The Hall–Kier alpha value is -2.66. The summed E-state index contributed by atoms with van der Waals surface area (Å²) in [6.07, 6.45) is 1.80. The van der Waals surface area contributed by atoms with E-state index < -0.39 is 0 Å². The van der Waals surface area contributed by atoms with E-state index in [-0.39, 0.29) is 0 Å². The Bertz CT molecular complexity index is 834. The third-order valence-corrected chi connectivity index (χ3v) is 4.04. The number of anilines is 3. The zero-order valence-electron chi connectivity index (χ0n) is 13.0. The maximum Gasteiger partial charge on any atom is 0.229 e. The van der Waals surface area contributed by atoms with Crippen LogP contribution in [0.4, 0.5) is 17.5 Å². The highest BCUT2D eigenvalue weighted by molar-refractivity contribution is 9.10. The van der Waals surface area contributed by atoms with E-state index in [1.807, 2.05) is 60.7 Å². The van der Waals surface area contributed by atoms with E-state index in [2.05, 4.69) is 43.1 Å². The lowest BCUT2D eigenvalue weighted by atomic mass is 10.1. The molecule has 3 aromatic rings. The Morgan fingerprint density at radius 1 is 1.00 bits per heavy atom. The highest BCUT2D eigenvalue weighted by atomic mass is 79.9. The van der Waals surface area contributed by atoms with Crippen LogP contribution >= 0.6 is 15.9 Å². The average molecular weight is 381 g/mol. The van der Waals surface area contributed by atoms with E-state index in [0.717, 1.165) is 27.2 Å².